The van der Waals surface area contributed by atoms with E-state index >= 15 is 0 Å². The van der Waals surface area contributed by atoms with Crippen LogP contribution in [0.25, 0.3) is 10.9 Å². The Kier molecular flexibility index (Phi) is 10.7. The molecule has 42 heavy (non-hydrogen) atoms. The van der Waals surface area contributed by atoms with Gasteiger partial charge in [0.15, 0.2) is 0 Å². The van der Waals surface area contributed by atoms with E-state index < -0.39 is 11.7 Å². The van der Waals surface area contributed by atoms with E-state index in [1.54, 1.807) is 23.9 Å². The molecule has 224 valence electrons. The Balaban J connectivity index is 0.000000241. The molecule has 1 amide bonds. The van der Waals surface area contributed by atoms with Gasteiger partial charge in [0.1, 0.15) is 0 Å². The standard InChI is InChI=1S/C21H23F3N2OS.C13H17N/c1-13-9-17(10-14(2)18(13)11-20(25)27)26-7-8-28-19(12-26)15-3-5-16(6-4-15)21(22,23)24;1-2-3-4-8-12-10-11-7-5-6-9-13(11)14-12/h3-6,9-10,19H,7-8,11-12H2,1-2H3,(H2,25,27);5-7,9-10,14H,2-4,8H2,1H3. The minimum absolute atomic E-state index is 0.113. The number of hydrogen-bond donors (Lipinski definition) is 2. The van der Waals surface area contributed by atoms with E-state index in [1.165, 1.54) is 42.3 Å². The molecular formula is C34H40F3N3OS. The topological polar surface area (TPSA) is 62.1 Å². The van der Waals surface area contributed by atoms with Gasteiger partial charge in [-0.25, -0.2) is 0 Å². The van der Waals surface area contributed by atoms with Crippen LogP contribution in [0.3, 0.4) is 0 Å². The third-order valence-corrected chi connectivity index (χ3v) is 8.95. The summed E-state index contributed by atoms with van der Waals surface area (Å²) < 4.78 is 38.4. The molecule has 0 saturated carbocycles. The number of benzene rings is 3. The first kappa shape index (κ1) is 31.5. The lowest BCUT2D eigenvalue weighted by molar-refractivity contribution is -0.137. The van der Waals surface area contributed by atoms with E-state index in [0.717, 1.165) is 58.9 Å². The lowest BCUT2D eigenvalue weighted by Crippen LogP contribution is -2.34. The highest BCUT2D eigenvalue weighted by atomic mass is 32.2. The number of fused-ring (bicyclic) bond motifs is 1. The number of nitrogens with zero attached hydrogens (tertiary/aromatic N) is 1. The van der Waals surface area contributed by atoms with Crippen LogP contribution in [-0.4, -0.2) is 29.7 Å². The summed E-state index contributed by atoms with van der Waals surface area (Å²) in [6.07, 6.45) is 1.01. The zero-order valence-corrected chi connectivity index (χ0v) is 25.4. The van der Waals surface area contributed by atoms with Gasteiger partial charge in [0.25, 0.3) is 0 Å². The molecule has 1 fully saturated rings. The maximum Gasteiger partial charge on any atom is 0.416 e. The molecule has 0 aliphatic carbocycles. The number of H-pyrrole nitrogens is 1. The van der Waals surface area contributed by atoms with E-state index in [9.17, 15) is 18.0 Å². The average Bonchev–Trinajstić information content (AvgIpc) is 3.38. The molecule has 4 aromatic rings. The second kappa shape index (κ2) is 14.2. The smallest absolute Gasteiger partial charge is 0.369 e. The van der Waals surface area contributed by atoms with E-state index in [0.29, 0.717) is 0 Å². The molecule has 1 saturated heterocycles. The lowest BCUT2D eigenvalue weighted by atomic mass is 9.98. The molecule has 2 heterocycles. The van der Waals surface area contributed by atoms with Gasteiger partial charge in [-0.15, -0.1) is 0 Å². The Morgan fingerprint density at radius 3 is 2.33 bits per heavy atom. The van der Waals surface area contributed by atoms with Crippen molar-refractivity contribution in [2.75, 3.05) is 23.7 Å². The first-order valence-electron chi connectivity index (χ1n) is 14.5. The fourth-order valence-corrected chi connectivity index (χ4v) is 6.66. The summed E-state index contributed by atoms with van der Waals surface area (Å²) in [5.74, 6) is 0.544. The normalized spacial score (nSPS) is 15.4. The molecule has 1 aliphatic rings. The Hall–Kier alpha value is -3.39. The number of nitrogens with two attached hydrogens (primary N) is 1. The first-order valence-corrected chi connectivity index (χ1v) is 15.6. The Morgan fingerprint density at radius 2 is 1.71 bits per heavy atom. The number of hydrogen-bond acceptors (Lipinski definition) is 3. The largest absolute Gasteiger partial charge is 0.416 e. The minimum Gasteiger partial charge on any atom is -0.369 e. The van der Waals surface area contributed by atoms with Crippen LogP contribution in [0, 0.1) is 13.8 Å². The fraction of sp³-hybridized carbons (Fsp3) is 0.382. The number of primary amides is 1. The molecule has 1 atom stereocenters. The molecular weight excluding hydrogens is 555 g/mol. The highest BCUT2D eigenvalue weighted by molar-refractivity contribution is 7.99. The van der Waals surface area contributed by atoms with Crippen molar-refractivity contribution in [3.63, 3.8) is 0 Å². The molecule has 8 heteroatoms. The van der Waals surface area contributed by atoms with Crippen LogP contribution in [0.4, 0.5) is 18.9 Å². The third kappa shape index (κ3) is 8.34. The van der Waals surface area contributed by atoms with Crippen molar-refractivity contribution in [3.8, 4) is 0 Å². The molecule has 0 radical (unpaired) electrons. The highest BCUT2D eigenvalue weighted by Crippen LogP contribution is 2.37. The predicted octanol–water partition coefficient (Wildman–Crippen LogP) is 8.55. The van der Waals surface area contributed by atoms with Crippen LogP contribution < -0.4 is 10.6 Å². The van der Waals surface area contributed by atoms with Gasteiger partial charge in [-0.3, -0.25) is 4.79 Å². The number of halogens is 3. The van der Waals surface area contributed by atoms with Crippen molar-refractivity contribution in [2.45, 2.75) is 64.3 Å². The number of rotatable bonds is 8. The number of aromatic amines is 1. The number of alkyl halides is 3. The van der Waals surface area contributed by atoms with Crippen LogP contribution in [-0.2, 0) is 23.8 Å². The van der Waals surface area contributed by atoms with Crippen molar-refractivity contribution >= 4 is 34.3 Å². The summed E-state index contributed by atoms with van der Waals surface area (Å²) in [7, 11) is 0. The summed E-state index contributed by atoms with van der Waals surface area (Å²) in [6.45, 7) is 7.78. The molecule has 0 spiro atoms. The number of nitrogens with one attached hydrogen (secondary N) is 1. The molecule has 1 unspecified atom stereocenters. The van der Waals surface area contributed by atoms with E-state index in [-0.39, 0.29) is 17.6 Å². The maximum atomic E-state index is 12.8. The van der Waals surface area contributed by atoms with Crippen molar-refractivity contribution < 1.29 is 18.0 Å². The Labute approximate surface area is 250 Å². The van der Waals surface area contributed by atoms with Crippen molar-refractivity contribution in [2.24, 2.45) is 5.73 Å². The van der Waals surface area contributed by atoms with Crippen molar-refractivity contribution in [3.05, 3.63) is 100 Å². The van der Waals surface area contributed by atoms with E-state index in [4.69, 9.17) is 5.73 Å². The molecule has 3 aromatic carbocycles. The Morgan fingerprint density at radius 1 is 1.02 bits per heavy atom. The molecule has 4 nitrogen and oxygen atoms in total. The average molecular weight is 596 g/mol. The number of carbonyl (C=O) groups is 1. The second-order valence-corrected chi connectivity index (χ2v) is 12.3. The van der Waals surface area contributed by atoms with Crippen molar-refractivity contribution in [1.82, 2.24) is 4.98 Å². The number of aryl methyl sites for hydroxylation is 3. The number of unbranched alkanes of at least 4 members (excludes halogenated alkanes) is 2. The maximum absolute atomic E-state index is 12.8. The first-order chi connectivity index (χ1) is 20.0. The van der Waals surface area contributed by atoms with Gasteiger partial charge in [-0.1, -0.05) is 50.1 Å². The number of aromatic nitrogens is 1. The minimum atomic E-state index is -4.31. The third-order valence-electron chi connectivity index (χ3n) is 7.71. The van der Waals surface area contributed by atoms with Crippen LogP contribution in [0.15, 0.2) is 66.7 Å². The van der Waals surface area contributed by atoms with Gasteiger partial charge < -0.3 is 15.6 Å². The summed E-state index contributed by atoms with van der Waals surface area (Å²) >= 11 is 1.76. The van der Waals surface area contributed by atoms with Crippen molar-refractivity contribution in [1.29, 1.82) is 0 Å². The summed E-state index contributed by atoms with van der Waals surface area (Å²) in [5.41, 5.74) is 12.3. The van der Waals surface area contributed by atoms with Crippen LogP contribution in [0.2, 0.25) is 0 Å². The second-order valence-electron chi connectivity index (χ2n) is 11.0. The molecule has 3 N–H and O–H groups in total. The number of carbonyl (C=O) groups excluding carboxylic acids is 1. The highest BCUT2D eigenvalue weighted by Gasteiger charge is 2.31. The Bertz CT molecular complexity index is 1420. The van der Waals surface area contributed by atoms with Gasteiger partial charge in [0, 0.05) is 41.0 Å². The summed E-state index contributed by atoms with van der Waals surface area (Å²) in [4.78, 5) is 17.0. The zero-order valence-electron chi connectivity index (χ0n) is 24.6. The summed E-state index contributed by atoms with van der Waals surface area (Å²) in [6, 6.07) is 20.3. The van der Waals surface area contributed by atoms with Gasteiger partial charge in [-0.05, 0) is 90.7 Å². The molecule has 5 rings (SSSR count). The quantitative estimate of drug-likeness (QED) is 0.201. The number of amides is 1. The molecule has 0 bridgehead atoms. The zero-order chi connectivity index (χ0) is 30.3. The SMILES string of the molecule is CCCCCc1cc2ccccc2[nH]1.Cc1cc(N2CCSC(c3ccc(C(F)(F)F)cc3)C2)cc(C)c1CC(N)=O. The van der Waals surface area contributed by atoms with Crippen LogP contribution in [0.5, 0.6) is 0 Å². The van der Waals surface area contributed by atoms with Crippen LogP contribution >= 0.6 is 11.8 Å². The fourth-order valence-electron chi connectivity index (χ4n) is 5.41. The lowest BCUT2D eigenvalue weighted by Gasteiger charge is -2.35. The van der Waals surface area contributed by atoms with E-state index in [2.05, 4.69) is 59.3 Å². The van der Waals surface area contributed by atoms with E-state index in [1.807, 2.05) is 13.8 Å². The number of para-hydroxylation sites is 1. The summed E-state index contributed by atoms with van der Waals surface area (Å²) in [5, 5.41) is 1.45. The monoisotopic (exact) mass is 595 g/mol. The van der Waals surface area contributed by atoms with Crippen LogP contribution in [0.1, 0.15) is 64.9 Å². The van der Waals surface area contributed by atoms with Gasteiger partial charge >= 0.3 is 6.18 Å². The number of anilines is 1. The predicted molar refractivity (Wildman–Crippen MR) is 169 cm³/mol. The van der Waals surface area contributed by atoms with Gasteiger partial charge in [0.05, 0.1) is 12.0 Å². The number of thioether (sulfide) groups is 1. The molecule has 1 aliphatic heterocycles. The molecule has 1 aromatic heterocycles. The van der Waals surface area contributed by atoms with Gasteiger partial charge in [-0.2, -0.15) is 24.9 Å². The van der Waals surface area contributed by atoms with Gasteiger partial charge in [0.2, 0.25) is 5.91 Å².